The van der Waals surface area contributed by atoms with Gasteiger partial charge in [-0.15, -0.1) is 11.3 Å². The summed E-state index contributed by atoms with van der Waals surface area (Å²) < 4.78 is 22.7. The van der Waals surface area contributed by atoms with Crippen molar-refractivity contribution in [3.05, 3.63) is 48.7 Å². The first-order valence-corrected chi connectivity index (χ1v) is 11.5. The Labute approximate surface area is 179 Å². The number of rotatable bonds is 6. The highest BCUT2D eigenvalue weighted by atomic mass is 32.2. The minimum absolute atomic E-state index is 0.0242. The average molecular weight is 446 g/mol. The van der Waals surface area contributed by atoms with Crippen molar-refractivity contribution in [1.29, 1.82) is 0 Å². The van der Waals surface area contributed by atoms with Crippen LogP contribution in [-0.2, 0) is 14.8 Å². The standard InChI is InChI=1S/C20H23N5O3S2/c1-20(2,3)12-17(26)25-18-9-8-16(29-18)15-10-11-22-19(24-15)23-13-4-6-14(7-5-13)30(21,27)28/h4-11H,12H2,1-3H3,(H,25,26)(H2,21,27,28)(H,22,23,24). The molecule has 3 rings (SSSR count). The second-order valence-corrected chi connectivity index (χ2v) is 10.6. The molecule has 10 heteroatoms. The van der Waals surface area contributed by atoms with Crippen LogP contribution in [0.2, 0.25) is 0 Å². The molecule has 0 spiro atoms. The number of benzene rings is 1. The van der Waals surface area contributed by atoms with E-state index in [1.807, 2.05) is 32.9 Å². The molecule has 30 heavy (non-hydrogen) atoms. The van der Waals surface area contributed by atoms with Crippen LogP contribution in [0.5, 0.6) is 0 Å². The largest absolute Gasteiger partial charge is 0.324 e. The molecule has 0 aliphatic carbocycles. The summed E-state index contributed by atoms with van der Waals surface area (Å²) in [6.45, 7) is 6.05. The lowest BCUT2D eigenvalue weighted by atomic mass is 9.92. The lowest BCUT2D eigenvalue weighted by Crippen LogP contribution is -2.19. The van der Waals surface area contributed by atoms with Crippen molar-refractivity contribution >= 4 is 43.9 Å². The number of sulfonamides is 1. The van der Waals surface area contributed by atoms with Crippen LogP contribution in [0.15, 0.2) is 53.6 Å². The molecule has 0 bridgehead atoms. The Balaban J connectivity index is 1.71. The SMILES string of the molecule is CC(C)(C)CC(=O)Nc1ccc(-c2ccnc(Nc3ccc(S(N)(=O)=O)cc3)n2)s1. The van der Waals surface area contributed by atoms with Crippen molar-refractivity contribution in [1.82, 2.24) is 9.97 Å². The molecule has 8 nitrogen and oxygen atoms in total. The van der Waals surface area contributed by atoms with Gasteiger partial charge in [-0.3, -0.25) is 4.79 Å². The Bertz CT molecular complexity index is 1150. The van der Waals surface area contributed by atoms with Gasteiger partial charge in [-0.2, -0.15) is 0 Å². The predicted octanol–water partition coefficient (Wildman–Crippen LogP) is 3.97. The molecule has 2 aromatic heterocycles. The predicted molar refractivity (Wildman–Crippen MR) is 119 cm³/mol. The zero-order valence-corrected chi connectivity index (χ0v) is 18.5. The summed E-state index contributed by atoms with van der Waals surface area (Å²) in [6, 6.07) is 11.5. The molecule has 2 heterocycles. The number of thiophene rings is 1. The normalized spacial score (nSPS) is 11.9. The number of nitrogens with zero attached hydrogens (tertiary/aromatic N) is 2. The summed E-state index contributed by atoms with van der Waals surface area (Å²) in [7, 11) is -3.74. The van der Waals surface area contributed by atoms with Crippen LogP contribution in [0, 0.1) is 5.41 Å². The number of aromatic nitrogens is 2. The molecule has 0 aliphatic rings. The summed E-state index contributed by atoms with van der Waals surface area (Å²) in [6.07, 6.45) is 2.06. The number of hydrogen-bond donors (Lipinski definition) is 3. The summed E-state index contributed by atoms with van der Waals surface area (Å²) >= 11 is 1.43. The third-order valence-corrected chi connectivity index (χ3v) is 5.86. The van der Waals surface area contributed by atoms with Gasteiger partial charge >= 0.3 is 0 Å². The number of hydrogen-bond acceptors (Lipinski definition) is 7. The first-order chi connectivity index (χ1) is 14.0. The van der Waals surface area contributed by atoms with Crippen LogP contribution in [0.4, 0.5) is 16.6 Å². The number of nitrogens with two attached hydrogens (primary N) is 1. The first kappa shape index (κ1) is 21.9. The molecule has 0 aliphatic heterocycles. The molecule has 0 fully saturated rings. The zero-order chi connectivity index (χ0) is 21.9. The van der Waals surface area contributed by atoms with Crippen LogP contribution < -0.4 is 15.8 Å². The van der Waals surface area contributed by atoms with Gasteiger partial charge in [0, 0.05) is 18.3 Å². The number of nitrogens with one attached hydrogen (secondary N) is 2. The molecular weight excluding hydrogens is 422 g/mol. The van der Waals surface area contributed by atoms with Gasteiger partial charge in [0.05, 0.1) is 20.5 Å². The van der Waals surface area contributed by atoms with Gasteiger partial charge in [-0.1, -0.05) is 20.8 Å². The summed E-state index contributed by atoms with van der Waals surface area (Å²) in [4.78, 5) is 21.7. The molecule has 0 unspecified atom stereocenters. The van der Waals surface area contributed by atoms with E-state index in [-0.39, 0.29) is 16.2 Å². The Kier molecular flexibility index (Phi) is 6.20. The van der Waals surface area contributed by atoms with Crippen LogP contribution in [0.25, 0.3) is 10.6 Å². The Morgan fingerprint density at radius 1 is 1.10 bits per heavy atom. The van der Waals surface area contributed by atoms with E-state index >= 15 is 0 Å². The number of carbonyl (C=O) groups excluding carboxylic acids is 1. The van der Waals surface area contributed by atoms with Crippen LogP contribution >= 0.6 is 11.3 Å². The van der Waals surface area contributed by atoms with E-state index < -0.39 is 10.0 Å². The monoisotopic (exact) mass is 445 g/mol. The molecular formula is C20H23N5O3S2. The average Bonchev–Trinajstić information content (AvgIpc) is 3.08. The van der Waals surface area contributed by atoms with Gasteiger partial charge in [0.1, 0.15) is 0 Å². The van der Waals surface area contributed by atoms with Crippen LogP contribution in [0.3, 0.4) is 0 Å². The van der Waals surface area contributed by atoms with E-state index in [9.17, 15) is 13.2 Å². The fraction of sp³-hybridized carbons (Fsp3) is 0.250. The van der Waals surface area contributed by atoms with E-state index in [1.165, 1.54) is 23.5 Å². The molecule has 3 aromatic rings. The molecule has 1 amide bonds. The van der Waals surface area contributed by atoms with E-state index in [4.69, 9.17) is 5.14 Å². The van der Waals surface area contributed by atoms with E-state index in [2.05, 4.69) is 20.6 Å². The van der Waals surface area contributed by atoms with Crippen LogP contribution in [0.1, 0.15) is 27.2 Å². The zero-order valence-electron chi connectivity index (χ0n) is 16.8. The Morgan fingerprint density at radius 3 is 2.43 bits per heavy atom. The van der Waals surface area contributed by atoms with Crippen LogP contribution in [-0.4, -0.2) is 24.3 Å². The number of carbonyl (C=O) groups is 1. The Morgan fingerprint density at radius 2 is 1.80 bits per heavy atom. The van der Waals surface area contributed by atoms with Crippen molar-refractivity contribution in [3.63, 3.8) is 0 Å². The molecule has 158 valence electrons. The third-order valence-electron chi connectivity index (χ3n) is 3.91. The highest BCUT2D eigenvalue weighted by Gasteiger charge is 2.17. The molecule has 0 atom stereocenters. The topological polar surface area (TPSA) is 127 Å². The summed E-state index contributed by atoms with van der Waals surface area (Å²) in [5, 5.41) is 11.8. The van der Waals surface area contributed by atoms with Gasteiger partial charge in [0.2, 0.25) is 21.9 Å². The Hall–Kier alpha value is -2.82. The van der Waals surface area contributed by atoms with Gasteiger partial charge < -0.3 is 10.6 Å². The minimum Gasteiger partial charge on any atom is -0.324 e. The lowest BCUT2D eigenvalue weighted by molar-refractivity contribution is -0.117. The highest BCUT2D eigenvalue weighted by Crippen LogP contribution is 2.31. The second kappa shape index (κ2) is 8.50. The molecule has 4 N–H and O–H groups in total. The van der Waals surface area contributed by atoms with Gasteiger partial charge in [-0.25, -0.2) is 23.5 Å². The number of amides is 1. The van der Waals surface area contributed by atoms with Gasteiger partial charge in [-0.05, 0) is 47.9 Å². The number of primary sulfonamides is 1. The van der Waals surface area contributed by atoms with Crippen molar-refractivity contribution in [3.8, 4) is 10.6 Å². The fourth-order valence-electron chi connectivity index (χ4n) is 2.62. The van der Waals surface area contributed by atoms with E-state index in [1.54, 1.807) is 24.4 Å². The quantitative estimate of drug-likeness (QED) is 0.527. The third kappa shape index (κ3) is 6.09. The maximum atomic E-state index is 12.1. The van der Waals surface area contributed by atoms with Gasteiger partial charge in [0.25, 0.3) is 0 Å². The van der Waals surface area contributed by atoms with E-state index in [0.29, 0.717) is 23.8 Å². The summed E-state index contributed by atoms with van der Waals surface area (Å²) in [5.74, 6) is 0.339. The molecule has 0 saturated carbocycles. The smallest absolute Gasteiger partial charge is 0.238 e. The molecule has 0 radical (unpaired) electrons. The van der Waals surface area contributed by atoms with Gasteiger partial charge in [0.15, 0.2) is 0 Å². The molecule has 0 saturated heterocycles. The fourth-order valence-corrected chi connectivity index (χ4v) is 4.03. The number of anilines is 3. The maximum Gasteiger partial charge on any atom is 0.238 e. The van der Waals surface area contributed by atoms with Crippen molar-refractivity contribution in [2.75, 3.05) is 10.6 Å². The van der Waals surface area contributed by atoms with Crippen molar-refractivity contribution < 1.29 is 13.2 Å². The molecule has 1 aromatic carbocycles. The minimum atomic E-state index is -3.74. The maximum absolute atomic E-state index is 12.1. The lowest BCUT2D eigenvalue weighted by Gasteiger charge is -2.16. The highest BCUT2D eigenvalue weighted by molar-refractivity contribution is 7.89. The van der Waals surface area contributed by atoms with Crippen molar-refractivity contribution in [2.24, 2.45) is 10.6 Å². The van der Waals surface area contributed by atoms with Crippen molar-refractivity contribution in [2.45, 2.75) is 32.1 Å². The van der Waals surface area contributed by atoms with E-state index in [0.717, 1.165) is 9.88 Å². The second-order valence-electron chi connectivity index (χ2n) is 7.91. The summed E-state index contributed by atoms with van der Waals surface area (Å²) in [5.41, 5.74) is 1.25. The first-order valence-electron chi connectivity index (χ1n) is 9.13.